The van der Waals surface area contributed by atoms with Crippen molar-refractivity contribution in [1.82, 2.24) is 5.32 Å². The molecule has 6 N–H and O–H groups in total. The van der Waals surface area contributed by atoms with Gasteiger partial charge in [-0.1, -0.05) is 134 Å². The van der Waals surface area contributed by atoms with Crippen LogP contribution < -0.4 is 11.1 Å². The lowest BCUT2D eigenvalue weighted by molar-refractivity contribution is -0.124. The Morgan fingerprint density at radius 2 is 1.32 bits per heavy atom. The number of nitrogens with two attached hydrogens (primary N) is 1. The van der Waals surface area contributed by atoms with Gasteiger partial charge in [0.25, 0.3) is 0 Å². The van der Waals surface area contributed by atoms with Gasteiger partial charge < -0.3 is 26.2 Å². The van der Waals surface area contributed by atoms with E-state index in [0.717, 1.165) is 25.7 Å². The Morgan fingerprint density at radius 1 is 0.773 bits per heavy atom. The van der Waals surface area contributed by atoms with Gasteiger partial charge in [-0.25, -0.2) is 4.57 Å². The average molecular weight is 645 g/mol. The summed E-state index contributed by atoms with van der Waals surface area (Å²) in [6, 6.07) is -1.01. The standard InChI is InChI=1S/C34H65N2O7P/c1-3-5-7-9-11-13-15-17-19-21-23-25-31(37)29-34(39)36-32(30-43-44(40,41)42-28-27-35)33(38)26-24-22-20-18-16-14-12-10-8-6-4-2/h17,19,23-26,31-33,37-38H,3-16,18,20-22,27-30,35H2,1-2H3,(H,36,39)(H,40,41)/b19-17-,25-23-,26-24+. The van der Waals surface area contributed by atoms with Crippen LogP contribution in [0.15, 0.2) is 36.5 Å². The van der Waals surface area contributed by atoms with Crippen molar-refractivity contribution >= 4 is 13.7 Å². The second-order valence-electron chi connectivity index (χ2n) is 11.6. The molecule has 0 aliphatic carbocycles. The van der Waals surface area contributed by atoms with Gasteiger partial charge in [-0.15, -0.1) is 0 Å². The molecule has 0 spiro atoms. The van der Waals surface area contributed by atoms with Gasteiger partial charge in [0.1, 0.15) is 0 Å². The van der Waals surface area contributed by atoms with Gasteiger partial charge in [0, 0.05) is 6.54 Å². The molecular weight excluding hydrogens is 579 g/mol. The minimum atomic E-state index is -4.40. The first-order chi connectivity index (χ1) is 21.3. The molecule has 9 nitrogen and oxygen atoms in total. The second-order valence-corrected chi connectivity index (χ2v) is 13.0. The van der Waals surface area contributed by atoms with E-state index >= 15 is 0 Å². The number of carbonyl (C=O) groups is 1. The van der Waals surface area contributed by atoms with E-state index in [1.54, 1.807) is 12.2 Å². The SMILES string of the molecule is CCCCCCCC/C=C\C/C=C\C(O)CC(=O)NC(COP(=O)(O)OCCN)C(O)/C=C/CCCCCCCCCCC. The molecule has 0 aliphatic rings. The van der Waals surface area contributed by atoms with E-state index in [0.29, 0.717) is 6.42 Å². The fourth-order valence-electron chi connectivity index (χ4n) is 4.64. The van der Waals surface area contributed by atoms with Crippen molar-refractivity contribution in [3.05, 3.63) is 36.5 Å². The summed E-state index contributed by atoms with van der Waals surface area (Å²) in [5, 5.41) is 23.6. The lowest BCUT2D eigenvalue weighted by Gasteiger charge is -2.23. The molecule has 44 heavy (non-hydrogen) atoms. The van der Waals surface area contributed by atoms with Crippen LogP contribution in [-0.2, 0) is 18.4 Å². The summed E-state index contributed by atoms with van der Waals surface area (Å²) in [6.07, 6.45) is 29.7. The summed E-state index contributed by atoms with van der Waals surface area (Å²) >= 11 is 0. The Kier molecular flexibility index (Phi) is 29.4. The van der Waals surface area contributed by atoms with Crippen molar-refractivity contribution in [2.24, 2.45) is 5.73 Å². The Balaban J connectivity index is 4.65. The van der Waals surface area contributed by atoms with Crippen molar-refractivity contribution in [1.29, 1.82) is 0 Å². The highest BCUT2D eigenvalue weighted by Crippen LogP contribution is 2.43. The fourth-order valence-corrected chi connectivity index (χ4v) is 5.40. The molecule has 4 unspecified atom stereocenters. The molecule has 0 saturated carbocycles. The fraction of sp³-hybridized carbons (Fsp3) is 0.794. The molecule has 4 atom stereocenters. The molecule has 0 aromatic rings. The smallest absolute Gasteiger partial charge is 0.389 e. The lowest BCUT2D eigenvalue weighted by atomic mass is 10.1. The molecule has 258 valence electrons. The average Bonchev–Trinajstić information content (AvgIpc) is 2.99. The minimum Gasteiger partial charge on any atom is -0.389 e. The number of unbranched alkanes of at least 4 members (excludes halogenated alkanes) is 15. The van der Waals surface area contributed by atoms with Crippen LogP contribution in [0, 0.1) is 0 Å². The Labute approximate surface area is 268 Å². The minimum absolute atomic E-state index is 0.0403. The number of carbonyl (C=O) groups excluding carboxylic acids is 1. The van der Waals surface area contributed by atoms with Gasteiger partial charge in [-0.3, -0.25) is 13.8 Å². The van der Waals surface area contributed by atoms with Crippen molar-refractivity contribution in [3.8, 4) is 0 Å². The molecule has 0 aliphatic heterocycles. The van der Waals surface area contributed by atoms with E-state index in [2.05, 4.69) is 31.3 Å². The zero-order chi connectivity index (χ0) is 32.7. The number of phosphoric acid groups is 1. The highest BCUT2D eigenvalue weighted by Gasteiger charge is 2.27. The van der Waals surface area contributed by atoms with E-state index in [1.807, 2.05) is 12.2 Å². The molecule has 0 aromatic carbocycles. The summed E-state index contributed by atoms with van der Waals surface area (Å²) in [5.74, 6) is -0.517. The number of amides is 1. The maximum Gasteiger partial charge on any atom is 0.472 e. The topological polar surface area (TPSA) is 151 Å². The quantitative estimate of drug-likeness (QED) is 0.0297. The normalized spacial score (nSPS) is 15.7. The number of rotatable bonds is 31. The second kappa shape index (κ2) is 30.3. The van der Waals surface area contributed by atoms with Crippen LogP contribution in [0.25, 0.3) is 0 Å². The number of allylic oxidation sites excluding steroid dienone is 4. The van der Waals surface area contributed by atoms with Crippen molar-refractivity contribution in [3.63, 3.8) is 0 Å². The molecule has 0 rings (SSSR count). The molecule has 0 aromatic heterocycles. The molecule has 1 amide bonds. The summed E-state index contributed by atoms with van der Waals surface area (Å²) < 4.78 is 21.9. The first kappa shape index (κ1) is 42.7. The van der Waals surface area contributed by atoms with Crippen molar-refractivity contribution in [2.45, 2.75) is 154 Å². The molecule has 10 heteroatoms. The van der Waals surface area contributed by atoms with Crippen LogP contribution in [0.3, 0.4) is 0 Å². The Bertz CT molecular complexity index is 806. The zero-order valence-corrected chi connectivity index (χ0v) is 28.6. The number of aliphatic hydroxyl groups excluding tert-OH is 2. The van der Waals surface area contributed by atoms with Gasteiger partial charge in [0.2, 0.25) is 5.91 Å². The predicted molar refractivity (Wildman–Crippen MR) is 181 cm³/mol. The Morgan fingerprint density at radius 3 is 1.89 bits per heavy atom. The van der Waals surface area contributed by atoms with Crippen LogP contribution in [-0.4, -0.2) is 59.0 Å². The maximum absolute atomic E-state index is 12.6. The zero-order valence-electron chi connectivity index (χ0n) is 27.8. The van der Waals surface area contributed by atoms with E-state index in [4.69, 9.17) is 14.8 Å². The third-order valence-electron chi connectivity index (χ3n) is 7.27. The maximum atomic E-state index is 12.6. The van der Waals surface area contributed by atoms with E-state index in [1.165, 1.54) is 83.5 Å². The van der Waals surface area contributed by atoms with E-state index in [9.17, 15) is 24.5 Å². The molecule has 0 heterocycles. The summed E-state index contributed by atoms with van der Waals surface area (Å²) in [4.78, 5) is 22.5. The van der Waals surface area contributed by atoms with Crippen LogP contribution in [0.5, 0.6) is 0 Å². The first-order valence-corrected chi connectivity index (χ1v) is 18.7. The van der Waals surface area contributed by atoms with Gasteiger partial charge in [0.15, 0.2) is 0 Å². The molecule has 0 bridgehead atoms. The first-order valence-electron chi connectivity index (χ1n) is 17.2. The van der Waals surface area contributed by atoms with Crippen LogP contribution >= 0.6 is 7.82 Å². The number of phosphoric ester groups is 1. The van der Waals surface area contributed by atoms with Crippen LogP contribution in [0.1, 0.15) is 136 Å². The largest absolute Gasteiger partial charge is 0.472 e. The van der Waals surface area contributed by atoms with Gasteiger partial charge in [0.05, 0.1) is 37.9 Å². The third kappa shape index (κ3) is 28.2. The highest BCUT2D eigenvalue weighted by atomic mass is 31.2. The van der Waals surface area contributed by atoms with Crippen molar-refractivity contribution in [2.75, 3.05) is 19.8 Å². The monoisotopic (exact) mass is 644 g/mol. The Hall–Kier alpha value is -1.32. The van der Waals surface area contributed by atoms with Gasteiger partial charge in [-0.05, 0) is 32.1 Å². The number of nitrogens with one attached hydrogen (secondary N) is 1. The predicted octanol–water partition coefficient (Wildman–Crippen LogP) is 7.41. The van der Waals surface area contributed by atoms with Gasteiger partial charge in [-0.2, -0.15) is 0 Å². The van der Waals surface area contributed by atoms with Gasteiger partial charge >= 0.3 is 7.82 Å². The summed E-state index contributed by atoms with van der Waals surface area (Å²) in [5.41, 5.74) is 5.32. The lowest BCUT2D eigenvalue weighted by Crippen LogP contribution is -2.46. The van der Waals surface area contributed by atoms with Crippen LogP contribution in [0.4, 0.5) is 0 Å². The summed E-state index contributed by atoms with van der Waals surface area (Å²) in [7, 11) is -4.40. The number of aliphatic hydroxyl groups is 2. The molecular formula is C34H65N2O7P. The highest BCUT2D eigenvalue weighted by molar-refractivity contribution is 7.47. The van der Waals surface area contributed by atoms with E-state index in [-0.39, 0.29) is 19.6 Å². The molecule has 0 fully saturated rings. The third-order valence-corrected chi connectivity index (χ3v) is 8.26. The van der Waals surface area contributed by atoms with E-state index < -0.39 is 38.6 Å². The van der Waals surface area contributed by atoms with Crippen molar-refractivity contribution < 1.29 is 33.5 Å². The molecule has 0 saturated heterocycles. The van der Waals surface area contributed by atoms with Crippen LogP contribution in [0.2, 0.25) is 0 Å². The number of hydrogen-bond donors (Lipinski definition) is 5. The molecule has 0 radical (unpaired) electrons. The number of hydrogen-bond acceptors (Lipinski definition) is 7. The summed E-state index contributed by atoms with van der Waals surface area (Å²) in [6.45, 7) is 3.85.